The van der Waals surface area contributed by atoms with E-state index in [4.69, 9.17) is 4.52 Å². The molecule has 4 aromatic rings. The molecule has 0 atom stereocenters. The van der Waals surface area contributed by atoms with Gasteiger partial charge in [0.05, 0.1) is 12.2 Å². The van der Waals surface area contributed by atoms with E-state index in [1.54, 1.807) is 23.5 Å². The summed E-state index contributed by atoms with van der Waals surface area (Å²) in [5.74, 6) is 3.12. The zero-order chi connectivity index (χ0) is 26.2. The number of phenols is 1. The van der Waals surface area contributed by atoms with Crippen molar-refractivity contribution in [2.24, 2.45) is 5.92 Å². The van der Waals surface area contributed by atoms with Crippen LogP contribution in [-0.4, -0.2) is 82.0 Å². The second kappa shape index (κ2) is 10.3. The lowest BCUT2D eigenvalue weighted by Gasteiger charge is -2.40. The van der Waals surface area contributed by atoms with E-state index in [-0.39, 0.29) is 11.7 Å². The predicted octanol–water partition coefficient (Wildman–Crippen LogP) is 4.00. The summed E-state index contributed by atoms with van der Waals surface area (Å²) >= 11 is 1.66. The number of phenolic OH excluding ortho intramolecular Hbond substituents is 1. The fourth-order valence-electron chi connectivity index (χ4n) is 5.20. The topological polar surface area (TPSA) is 98.8 Å². The van der Waals surface area contributed by atoms with Crippen LogP contribution in [0, 0.1) is 5.92 Å². The molecule has 1 aromatic carbocycles. The molecule has 1 amide bonds. The molecule has 3 aromatic heterocycles. The maximum atomic E-state index is 12.9. The van der Waals surface area contributed by atoms with Gasteiger partial charge in [-0.2, -0.15) is 0 Å². The van der Waals surface area contributed by atoms with Gasteiger partial charge < -0.3 is 19.4 Å². The molecule has 0 radical (unpaired) electrons. The van der Waals surface area contributed by atoms with Crippen LogP contribution in [0.3, 0.4) is 0 Å². The highest BCUT2D eigenvalue weighted by atomic mass is 32.1. The van der Waals surface area contributed by atoms with E-state index in [1.807, 2.05) is 29.2 Å². The standard InChI is InChI=1S/C28H32N6O3S/c1-18(2)11-21-14-26(31-37-21)33-7-9-34(10-8-33)27(36)17-32-15-20(16-32)25-13-19-12-23(29-30-28(19)38-25)22-5-3-4-6-24(22)35/h3-6,12-14,18,20,35H,7-11,15-17H2,1-2H3. The molecular formula is C28H32N6O3S. The summed E-state index contributed by atoms with van der Waals surface area (Å²) in [6.45, 7) is 9.49. The molecule has 5 heterocycles. The minimum absolute atomic E-state index is 0.193. The van der Waals surface area contributed by atoms with Gasteiger partial charge in [-0.15, -0.1) is 21.5 Å². The van der Waals surface area contributed by atoms with Gasteiger partial charge in [-0.25, -0.2) is 0 Å². The zero-order valence-electron chi connectivity index (χ0n) is 21.7. The molecule has 0 saturated carbocycles. The third-order valence-corrected chi connectivity index (χ3v) is 8.51. The van der Waals surface area contributed by atoms with Crippen molar-refractivity contribution in [3.05, 3.63) is 53.1 Å². The highest BCUT2D eigenvalue weighted by molar-refractivity contribution is 7.18. The number of aromatic nitrogens is 3. The molecule has 0 bridgehead atoms. The van der Waals surface area contributed by atoms with E-state index >= 15 is 0 Å². The van der Waals surface area contributed by atoms with Crippen LogP contribution in [-0.2, 0) is 11.2 Å². The van der Waals surface area contributed by atoms with Gasteiger partial charge in [-0.3, -0.25) is 9.69 Å². The largest absolute Gasteiger partial charge is 0.507 e. The summed E-state index contributed by atoms with van der Waals surface area (Å²) in [5, 5.41) is 24.1. The Kier molecular flexibility index (Phi) is 6.75. The summed E-state index contributed by atoms with van der Waals surface area (Å²) in [6.07, 6.45) is 0.885. The molecule has 198 valence electrons. The lowest BCUT2D eigenvalue weighted by atomic mass is 9.98. The molecule has 6 rings (SSSR count). The SMILES string of the molecule is CC(C)Cc1cc(N2CCN(C(=O)CN3CC(c4cc5cc(-c6ccccc6O)nnc5s4)C3)CC2)no1. The summed E-state index contributed by atoms with van der Waals surface area (Å²) < 4.78 is 5.48. The average molecular weight is 533 g/mol. The van der Waals surface area contributed by atoms with Crippen molar-refractivity contribution >= 4 is 33.3 Å². The van der Waals surface area contributed by atoms with Crippen LogP contribution in [0.2, 0.25) is 0 Å². The minimum Gasteiger partial charge on any atom is -0.507 e. The predicted molar refractivity (Wildman–Crippen MR) is 148 cm³/mol. The quantitative estimate of drug-likeness (QED) is 0.381. The van der Waals surface area contributed by atoms with Crippen LogP contribution >= 0.6 is 11.3 Å². The number of carbonyl (C=O) groups is 1. The lowest BCUT2D eigenvalue weighted by Crippen LogP contribution is -2.54. The van der Waals surface area contributed by atoms with Crippen molar-refractivity contribution in [3.8, 4) is 17.0 Å². The Hall–Kier alpha value is -3.50. The molecular weight excluding hydrogens is 500 g/mol. The van der Waals surface area contributed by atoms with E-state index in [2.05, 4.69) is 45.1 Å². The number of carbonyl (C=O) groups excluding carboxylic acids is 1. The summed E-state index contributed by atoms with van der Waals surface area (Å²) in [6, 6.07) is 13.4. The molecule has 10 heteroatoms. The number of aromatic hydroxyl groups is 1. The Morgan fingerprint density at radius 2 is 1.89 bits per heavy atom. The Morgan fingerprint density at radius 3 is 2.66 bits per heavy atom. The van der Waals surface area contributed by atoms with Gasteiger partial charge in [0.15, 0.2) is 5.82 Å². The summed E-state index contributed by atoms with van der Waals surface area (Å²) in [5.41, 5.74) is 1.35. The summed E-state index contributed by atoms with van der Waals surface area (Å²) in [4.78, 5) is 21.5. The molecule has 2 saturated heterocycles. The van der Waals surface area contributed by atoms with E-state index in [0.29, 0.717) is 42.7 Å². The molecule has 0 unspecified atom stereocenters. The Morgan fingerprint density at radius 1 is 1.11 bits per heavy atom. The smallest absolute Gasteiger partial charge is 0.236 e. The van der Waals surface area contributed by atoms with Crippen molar-refractivity contribution in [1.82, 2.24) is 25.2 Å². The highest BCUT2D eigenvalue weighted by Crippen LogP contribution is 2.36. The second-order valence-electron chi connectivity index (χ2n) is 10.7. The number of nitrogens with zero attached hydrogens (tertiary/aromatic N) is 6. The van der Waals surface area contributed by atoms with Crippen LogP contribution in [0.1, 0.15) is 30.4 Å². The first kappa shape index (κ1) is 24.8. The van der Waals surface area contributed by atoms with Gasteiger partial charge in [-0.1, -0.05) is 31.1 Å². The van der Waals surface area contributed by atoms with Crippen LogP contribution in [0.4, 0.5) is 5.82 Å². The van der Waals surface area contributed by atoms with Gasteiger partial charge in [0, 0.05) is 73.5 Å². The first-order valence-corrected chi connectivity index (χ1v) is 14.0. The molecule has 2 aliphatic rings. The maximum Gasteiger partial charge on any atom is 0.236 e. The van der Waals surface area contributed by atoms with Gasteiger partial charge in [-0.05, 0) is 30.2 Å². The number of hydrogen-bond donors (Lipinski definition) is 1. The zero-order valence-corrected chi connectivity index (χ0v) is 22.5. The number of rotatable bonds is 7. The van der Waals surface area contributed by atoms with Crippen molar-refractivity contribution in [2.75, 3.05) is 50.7 Å². The van der Waals surface area contributed by atoms with E-state index in [0.717, 1.165) is 54.4 Å². The maximum absolute atomic E-state index is 12.9. The van der Waals surface area contributed by atoms with Crippen molar-refractivity contribution in [3.63, 3.8) is 0 Å². The number of amides is 1. The van der Waals surface area contributed by atoms with Crippen LogP contribution < -0.4 is 4.90 Å². The van der Waals surface area contributed by atoms with E-state index < -0.39 is 0 Å². The van der Waals surface area contributed by atoms with Crippen LogP contribution in [0.5, 0.6) is 5.75 Å². The van der Waals surface area contributed by atoms with E-state index in [9.17, 15) is 9.90 Å². The number of benzene rings is 1. The molecule has 2 aliphatic heterocycles. The summed E-state index contributed by atoms with van der Waals surface area (Å²) in [7, 11) is 0. The van der Waals surface area contributed by atoms with Crippen LogP contribution in [0.25, 0.3) is 21.5 Å². The Labute approximate surface area is 225 Å². The molecule has 9 nitrogen and oxygen atoms in total. The van der Waals surface area contributed by atoms with Crippen molar-refractivity contribution < 1.29 is 14.4 Å². The first-order valence-electron chi connectivity index (χ1n) is 13.2. The van der Waals surface area contributed by atoms with Crippen molar-refractivity contribution in [1.29, 1.82) is 0 Å². The van der Waals surface area contributed by atoms with E-state index in [1.165, 1.54) is 4.88 Å². The molecule has 0 aliphatic carbocycles. The van der Waals surface area contributed by atoms with Gasteiger partial charge in [0.1, 0.15) is 16.3 Å². The number of hydrogen-bond acceptors (Lipinski definition) is 9. The van der Waals surface area contributed by atoms with Gasteiger partial charge in [0.25, 0.3) is 0 Å². The fourth-order valence-corrected chi connectivity index (χ4v) is 6.24. The number of likely N-dealkylation sites (tertiary alicyclic amines) is 1. The molecule has 2 fully saturated rings. The number of piperazine rings is 1. The number of thiophene rings is 1. The van der Waals surface area contributed by atoms with Gasteiger partial charge >= 0.3 is 0 Å². The van der Waals surface area contributed by atoms with Crippen LogP contribution in [0.15, 0.2) is 47.0 Å². The monoisotopic (exact) mass is 532 g/mol. The molecule has 0 spiro atoms. The van der Waals surface area contributed by atoms with Gasteiger partial charge in [0.2, 0.25) is 5.91 Å². The molecule has 1 N–H and O–H groups in total. The first-order chi connectivity index (χ1) is 18.4. The highest BCUT2D eigenvalue weighted by Gasteiger charge is 2.33. The Bertz CT molecular complexity index is 1440. The lowest BCUT2D eigenvalue weighted by molar-refractivity contribution is -0.133. The normalized spacial score (nSPS) is 16.9. The third-order valence-electron chi connectivity index (χ3n) is 7.31. The Balaban J connectivity index is 1.00. The van der Waals surface area contributed by atoms with Crippen molar-refractivity contribution in [2.45, 2.75) is 26.2 Å². The number of anilines is 1. The average Bonchev–Trinajstić information content (AvgIpc) is 3.52. The number of fused-ring (bicyclic) bond motifs is 1. The third kappa shape index (κ3) is 5.10. The number of para-hydroxylation sites is 1. The molecule has 38 heavy (non-hydrogen) atoms. The second-order valence-corrected chi connectivity index (χ2v) is 11.7. The minimum atomic E-state index is 0.193. The fraction of sp³-hybridized carbons (Fsp3) is 0.429.